The van der Waals surface area contributed by atoms with Crippen LogP contribution in [0.1, 0.15) is 26.7 Å². The van der Waals surface area contributed by atoms with Gasteiger partial charge in [-0.25, -0.2) is 8.42 Å². The molecule has 0 bridgehead atoms. The average Bonchev–Trinajstić information content (AvgIpc) is 2.13. The van der Waals surface area contributed by atoms with Crippen molar-refractivity contribution in [2.45, 2.75) is 26.7 Å². The maximum atomic E-state index is 11.9. The lowest BCUT2D eigenvalue weighted by Crippen LogP contribution is -2.45. The zero-order valence-corrected chi connectivity index (χ0v) is 11.5. The van der Waals surface area contributed by atoms with E-state index in [1.54, 1.807) is 13.8 Å². The average molecular weight is 277 g/mol. The quantitative estimate of drug-likeness (QED) is 0.789. The number of hydrogen-bond acceptors (Lipinski definition) is 4. The molecule has 0 aliphatic carbocycles. The number of carbonyl (C=O) groups is 2. The number of carboxylic acid groups (broad SMARTS) is 1. The smallest absolute Gasteiger partial charge is 0.303 e. The van der Waals surface area contributed by atoms with Gasteiger partial charge in [0.05, 0.1) is 17.9 Å². The van der Waals surface area contributed by atoms with E-state index in [1.807, 2.05) is 0 Å². The Morgan fingerprint density at radius 2 is 1.67 bits per heavy atom. The van der Waals surface area contributed by atoms with Gasteiger partial charge >= 0.3 is 5.97 Å². The van der Waals surface area contributed by atoms with Crippen molar-refractivity contribution < 1.29 is 23.1 Å². The maximum absolute atomic E-state index is 11.9. The van der Waals surface area contributed by atoms with Crippen molar-refractivity contribution in [3.63, 3.8) is 0 Å². The molecule has 1 aliphatic rings. The van der Waals surface area contributed by atoms with Crippen LogP contribution in [0.25, 0.3) is 0 Å². The minimum atomic E-state index is -3.00. The van der Waals surface area contributed by atoms with Gasteiger partial charge in [0.2, 0.25) is 5.91 Å². The lowest BCUT2D eigenvalue weighted by molar-refractivity contribution is -0.140. The van der Waals surface area contributed by atoms with Gasteiger partial charge in [0, 0.05) is 19.5 Å². The molecule has 1 heterocycles. The molecule has 0 aromatic carbocycles. The summed E-state index contributed by atoms with van der Waals surface area (Å²) in [7, 11) is -3.00. The second-order valence-electron chi connectivity index (χ2n) is 5.44. The summed E-state index contributed by atoms with van der Waals surface area (Å²) in [6.07, 6.45) is 0.0459. The Balaban J connectivity index is 2.54. The van der Waals surface area contributed by atoms with Crippen LogP contribution in [-0.4, -0.2) is 54.9 Å². The van der Waals surface area contributed by atoms with Crippen LogP contribution in [0.5, 0.6) is 0 Å². The first-order valence-corrected chi connectivity index (χ1v) is 7.63. The monoisotopic (exact) mass is 277 g/mol. The van der Waals surface area contributed by atoms with E-state index < -0.39 is 21.2 Å². The van der Waals surface area contributed by atoms with Crippen LogP contribution in [0, 0.1) is 5.41 Å². The van der Waals surface area contributed by atoms with Crippen LogP contribution in [-0.2, 0) is 19.4 Å². The Hall–Kier alpha value is -1.11. The lowest BCUT2D eigenvalue weighted by atomic mass is 9.85. The largest absolute Gasteiger partial charge is 0.481 e. The molecule has 6 nitrogen and oxygen atoms in total. The molecule has 1 amide bonds. The Morgan fingerprint density at radius 1 is 1.17 bits per heavy atom. The standard InChI is InChI=1S/C11H19NO5S/c1-11(2,8-10(14)15)7-9(13)12-3-5-18(16,17)6-4-12/h3-8H2,1-2H3,(H,14,15). The molecule has 0 aromatic rings. The van der Waals surface area contributed by atoms with Gasteiger partial charge in [0.15, 0.2) is 9.84 Å². The molecule has 0 spiro atoms. The summed E-state index contributed by atoms with van der Waals surface area (Å²) >= 11 is 0. The van der Waals surface area contributed by atoms with E-state index >= 15 is 0 Å². The second-order valence-corrected chi connectivity index (χ2v) is 7.75. The van der Waals surface area contributed by atoms with Crippen LogP contribution < -0.4 is 0 Å². The van der Waals surface area contributed by atoms with E-state index in [1.165, 1.54) is 4.90 Å². The molecular weight excluding hydrogens is 258 g/mol. The number of carbonyl (C=O) groups excluding carboxylic acids is 1. The number of nitrogens with zero attached hydrogens (tertiary/aromatic N) is 1. The predicted molar refractivity (Wildman–Crippen MR) is 65.9 cm³/mol. The summed E-state index contributed by atoms with van der Waals surface area (Å²) in [6, 6.07) is 0. The zero-order valence-electron chi connectivity index (χ0n) is 10.7. The van der Waals surface area contributed by atoms with Gasteiger partial charge < -0.3 is 10.0 Å². The van der Waals surface area contributed by atoms with Gasteiger partial charge in [-0.15, -0.1) is 0 Å². The minimum absolute atomic E-state index is 0.00189. The summed E-state index contributed by atoms with van der Waals surface area (Å²) in [5, 5.41) is 8.74. The highest BCUT2D eigenvalue weighted by Gasteiger charge is 2.30. The molecule has 7 heteroatoms. The molecular formula is C11H19NO5S. The summed E-state index contributed by atoms with van der Waals surface area (Å²) in [4.78, 5) is 24.1. The normalized spacial score (nSPS) is 19.6. The SMILES string of the molecule is CC(C)(CC(=O)O)CC(=O)N1CCS(=O)(=O)CC1. The number of hydrogen-bond donors (Lipinski definition) is 1. The van der Waals surface area contributed by atoms with Gasteiger partial charge in [-0.3, -0.25) is 9.59 Å². The first-order chi connectivity index (χ1) is 8.11. The molecule has 104 valence electrons. The molecule has 1 aliphatic heterocycles. The Morgan fingerprint density at radius 3 is 2.11 bits per heavy atom. The third-order valence-electron chi connectivity index (χ3n) is 2.96. The number of carboxylic acids is 1. The summed E-state index contributed by atoms with van der Waals surface area (Å²) < 4.78 is 22.5. The van der Waals surface area contributed by atoms with Crippen LogP contribution in [0.2, 0.25) is 0 Å². The first-order valence-electron chi connectivity index (χ1n) is 5.81. The molecule has 1 N–H and O–H groups in total. The van der Waals surface area contributed by atoms with E-state index in [2.05, 4.69) is 0 Å². The Kier molecular flexibility index (Phi) is 4.37. The van der Waals surface area contributed by atoms with Crippen molar-refractivity contribution in [2.75, 3.05) is 24.6 Å². The fourth-order valence-electron chi connectivity index (χ4n) is 1.95. The van der Waals surface area contributed by atoms with Crippen molar-refractivity contribution >= 4 is 21.7 Å². The predicted octanol–water partition coefficient (Wildman–Crippen LogP) is 0.134. The van der Waals surface area contributed by atoms with Crippen molar-refractivity contribution in [3.05, 3.63) is 0 Å². The molecule has 0 atom stereocenters. The van der Waals surface area contributed by atoms with Gasteiger partial charge in [-0.2, -0.15) is 0 Å². The van der Waals surface area contributed by atoms with Gasteiger partial charge in [0.1, 0.15) is 0 Å². The molecule has 0 aromatic heterocycles. The van der Waals surface area contributed by atoms with Crippen molar-refractivity contribution in [3.8, 4) is 0 Å². The highest BCUT2D eigenvalue weighted by atomic mass is 32.2. The van der Waals surface area contributed by atoms with Crippen LogP contribution >= 0.6 is 0 Å². The summed E-state index contributed by atoms with van der Waals surface area (Å²) in [5.74, 6) is -1.11. The molecule has 0 saturated carbocycles. The zero-order chi connectivity index (χ0) is 14.0. The maximum Gasteiger partial charge on any atom is 0.303 e. The number of amides is 1. The minimum Gasteiger partial charge on any atom is -0.481 e. The highest BCUT2D eigenvalue weighted by molar-refractivity contribution is 7.91. The topological polar surface area (TPSA) is 91.8 Å². The van der Waals surface area contributed by atoms with E-state index in [-0.39, 0.29) is 43.3 Å². The Bertz CT molecular complexity index is 426. The number of rotatable bonds is 4. The molecule has 1 fully saturated rings. The number of sulfone groups is 1. The summed E-state index contributed by atoms with van der Waals surface area (Å²) in [6.45, 7) is 3.87. The third-order valence-corrected chi connectivity index (χ3v) is 4.57. The third kappa shape index (κ3) is 4.64. The van der Waals surface area contributed by atoms with Gasteiger partial charge in [-0.1, -0.05) is 13.8 Å². The van der Waals surface area contributed by atoms with E-state index in [0.717, 1.165) is 0 Å². The van der Waals surface area contributed by atoms with Gasteiger partial charge in [-0.05, 0) is 5.41 Å². The molecule has 0 unspecified atom stereocenters. The van der Waals surface area contributed by atoms with E-state index in [4.69, 9.17) is 5.11 Å². The fraction of sp³-hybridized carbons (Fsp3) is 0.818. The molecule has 1 saturated heterocycles. The van der Waals surface area contributed by atoms with Crippen LogP contribution in [0.3, 0.4) is 0 Å². The van der Waals surface area contributed by atoms with Crippen LogP contribution in [0.4, 0.5) is 0 Å². The van der Waals surface area contributed by atoms with Crippen LogP contribution in [0.15, 0.2) is 0 Å². The Labute approximate surface area is 107 Å². The molecule has 0 radical (unpaired) electrons. The first kappa shape index (κ1) is 14.9. The lowest BCUT2D eigenvalue weighted by Gasteiger charge is -2.30. The summed E-state index contributed by atoms with van der Waals surface area (Å²) in [5.41, 5.74) is -0.612. The van der Waals surface area contributed by atoms with Crippen molar-refractivity contribution in [1.29, 1.82) is 0 Å². The van der Waals surface area contributed by atoms with Gasteiger partial charge in [0.25, 0.3) is 0 Å². The number of aliphatic carboxylic acids is 1. The molecule has 18 heavy (non-hydrogen) atoms. The van der Waals surface area contributed by atoms with E-state index in [9.17, 15) is 18.0 Å². The van der Waals surface area contributed by atoms with E-state index in [0.29, 0.717) is 0 Å². The van der Waals surface area contributed by atoms with Crippen molar-refractivity contribution in [2.24, 2.45) is 5.41 Å². The highest BCUT2D eigenvalue weighted by Crippen LogP contribution is 2.26. The van der Waals surface area contributed by atoms with Crippen molar-refractivity contribution in [1.82, 2.24) is 4.90 Å². The molecule has 1 rings (SSSR count). The fourth-order valence-corrected chi connectivity index (χ4v) is 3.16. The second kappa shape index (κ2) is 5.26.